The van der Waals surface area contributed by atoms with E-state index in [4.69, 9.17) is 10.5 Å². The highest BCUT2D eigenvalue weighted by Gasteiger charge is 2.23. The fraction of sp³-hybridized carbons (Fsp3) is 0.692. The Balaban J connectivity index is 2.97. The maximum absolute atomic E-state index is 12.5. The van der Waals surface area contributed by atoms with Gasteiger partial charge in [-0.25, -0.2) is 12.7 Å². The Bertz CT molecular complexity index is 523. The van der Waals surface area contributed by atoms with Crippen molar-refractivity contribution in [3.63, 3.8) is 0 Å². The predicted molar refractivity (Wildman–Crippen MR) is 79.0 cm³/mol. The molecule has 0 atom stereocenters. The van der Waals surface area contributed by atoms with Crippen LogP contribution in [0.2, 0.25) is 0 Å². The average Bonchev–Trinajstić information content (AvgIpc) is 2.83. The molecule has 1 aromatic heterocycles. The molecule has 0 spiro atoms. The molecule has 0 saturated heterocycles. The maximum Gasteiger partial charge on any atom is 0.244 e. The Labute approximate surface area is 121 Å². The normalized spacial score (nSPS) is 12.6. The van der Waals surface area contributed by atoms with Crippen molar-refractivity contribution in [2.75, 3.05) is 27.3 Å². The molecular weight excluding hydrogens is 278 g/mol. The largest absolute Gasteiger partial charge is 0.385 e. The number of sulfonamides is 1. The van der Waals surface area contributed by atoms with Crippen molar-refractivity contribution in [1.29, 1.82) is 0 Å². The van der Waals surface area contributed by atoms with Crippen LogP contribution in [0.25, 0.3) is 0 Å². The molecular formula is C13H25N3O3S. The zero-order valence-electron chi connectivity index (χ0n) is 12.7. The third-order valence-electron chi connectivity index (χ3n) is 3.20. The van der Waals surface area contributed by atoms with Gasteiger partial charge in [0, 0.05) is 51.8 Å². The van der Waals surface area contributed by atoms with Gasteiger partial charge in [0.05, 0.1) is 0 Å². The minimum atomic E-state index is -3.46. The van der Waals surface area contributed by atoms with Crippen LogP contribution in [0.1, 0.15) is 32.0 Å². The zero-order valence-corrected chi connectivity index (χ0v) is 13.5. The number of nitrogens with two attached hydrogens (primary N) is 1. The molecule has 0 amide bonds. The Morgan fingerprint density at radius 2 is 2.10 bits per heavy atom. The summed E-state index contributed by atoms with van der Waals surface area (Å²) in [5.74, 6) is 0. The topological polar surface area (TPSA) is 77.6 Å². The van der Waals surface area contributed by atoms with Crippen molar-refractivity contribution in [3.05, 3.63) is 18.0 Å². The summed E-state index contributed by atoms with van der Waals surface area (Å²) < 4.78 is 33.1. The standard InChI is InChI=1S/C13H25N3O3S/c1-11(2)16-10-13(8-12(16)9-14)20(17,18)15(3)6-5-7-19-4/h8,10-11H,5-7,9,14H2,1-4H3. The van der Waals surface area contributed by atoms with Crippen LogP contribution in [0.4, 0.5) is 0 Å². The van der Waals surface area contributed by atoms with Gasteiger partial charge in [-0.15, -0.1) is 0 Å². The number of methoxy groups -OCH3 is 1. The molecule has 116 valence electrons. The van der Waals surface area contributed by atoms with Crippen molar-refractivity contribution in [2.45, 2.75) is 37.8 Å². The van der Waals surface area contributed by atoms with Crippen molar-refractivity contribution in [1.82, 2.24) is 8.87 Å². The van der Waals surface area contributed by atoms with E-state index in [0.29, 0.717) is 31.0 Å². The Hall–Kier alpha value is -0.890. The molecule has 0 aliphatic heterocycles. The lowest BCUT2D eigenvalue weighted by Crippen LogP contribution is -2.28. The lowest BCUT2D eigenvalue weighted by atomic mass is 10.3. The van der Waals surface area contributed by atoms with Gasteiger partial charge in [-0.2, -0.15) is 0 Å². The Morgan fingerprint density at radius 3 is 2.55 bits per heavy atom. The fourth-order valence-corrected chi connectivity index (χ4v) is 3.27. The molecule has 2 N–H and O–H groups in total. The van der Waals surface area contributed by atoms with Crippen molar-refractivity contribution < 1.29 is 13.2 Å². The molecule has 0 aromatic carbocycles. The van der Waals surface area contributed by atoms with E-state index >= 15 is 0 Å². The molecule has 0 fully saturated rings. The van der Waals surface area contributed by atoms with Crippen LogP contribution in [0, 0.1) is 0 Å². The summed E-state index contributed by atoms with van der Waals surface area (Å²) >= 11 is 0. The lowest BCUT2D eigenvalue weighted by Gasteiger charge is -2.16. The minimum absolute atomic E-state index is 0.177. The monoisotopic (exact) mass is 303 g/mol. The van der Waals surface area contributed by atoms with E-state index in [0.717, 1.165) is 5.69 Å². The first kappa shape index (κ1) is 17.2. The maximum atomic E-state index is 12.5. The molecule has 0 radical (unpaired) electrons. The first-order valence-corrected chi connectivity index (χ1v) is 8.14. The van der Waals surface area contributed by atoms with Gasteiger partial charge >= 0.3 is 0 Å². The summed E-state index contributed by atoms with van der Waals surface area (Å²) in [6.45, 7) is 5.29. The second kappa shape index (κ2) is 7.21. The number of aromatic nitrogens is 1. The molecule has 1 aromatic rings. The number of rotatable bonds is 8. The van der Waals surface area contributed by atoms with Crippen molar-refractivity contribution in [3.8, 4) is 0 Å². The third-order valence-corrected chi connectivity index (χ3v) is 5.02. The van der Waals surface area contributed by atoms with Crippen LogP contribution in [0.3, 0.4) is 0 Å². The number of hydrogen-bond donors (Lipinski definition) is 1. The molecule has 0 unspecified atom stereocenters. The van der Waals surface area contributed by atoms with Gasteiger partial charge in [0.25, 0.3) is 0 Å². The number of nitrogens with zero attached hydrogens (tertiary/aromatic N) is 2. The molecule has 1 rings (SSSR count). The fourth-order valence-electron chi connectivity index (χ4n) is 2.01. The molecule has 20 heavy (non-hydrogen) atoms. The Kier molecular flexibility index (Phi) is 6.19. The lowest BCUT2D eigenvalue weighted by molar-refractivity contribution is 0.189. The van der Waals surface area contributed by atoms with Crippen molar-refractivity contribution >= 4 is 10.0 Å². The van der Waals surface area contributed by atoms with E-state index in [1.54, 1.807) is 26.4 Å². The first-order chi connectivity index (χ1) is 9.34. The van der Waals surface area contributed by atoms with Gasteiger partial charge in [-0.1, -0.05) is 0 Å². The molecule has 0 bridgehead atoms. The zero-order chi connectivity index (χ0) is 15.3. The van der Waals surface area contributed by atoms with Crippen molar-refractivity contribution in [2.24, 2.45) is 5.73 Å². The van der Waals surface area contributed by atoms with Crippen LogP contribution in [0.15, 0.2) is 17.2 Å². The van der Waals surface area contributed by atoms with Gasteiger partial charge in [0.1, 0.15) is 4.90 Å². The van der Waals surface area contributed by atoms with E-state index in [-0.39, 0.29) is 6.04 Å². The minimum Gasteiger partial charge on any atom is -0.385 e. The number of hydrogen-bond acceptors (Lipinski definition) is 4. The van der Waals surface area contributed by atoms with E-state index in [1.807, 2.05) is 18.4 Å². The second-order valence-electron chi connectivity index (χ2n) is 5.05. The summed E-state index contributed by atoms with van der Waals surface area (Å²) in [6.07, 6.45) is 2.33. The molecule has 7 heteroatoms. The van der Waals surface area contributed by atoms with Gasteiger partial charge in [0.15, 0.2) is 0 Å². The average molecular weight is 303 g/mol. The summed E-state index contributed by atoms with van der Waals surface area (Å²) in [4.78, 5) is 0.298. The van der Waals surface area contributed by atoms with Gasteiger partial charge < -0.3 is 15.0 Å². The van der Waals surface area contributed by atoms with Gasteiger partial charge in [0.2, 0.25) is 10.0 Å². The summed E-state index contributed by atoms with van der Waals surface area (Å²) in [5.41, 5.74) is 6.50. The van der Waals surface area contributed by atoms with Crippen LogP contribution in [-0.2, 0) is 21.3 Å². The van der Waals surface area contributed by atoms with Gasteiger partial charge in [-0.3, -0.25) is 0 Å². The predicted octanol–water partition coefficient (Wildman–Crippen LogP) is 1.18. The smallest absolute Gasteiger partial charge is 0.244 e. The van der Waals surface area contributed by atoms with E-state index in [1.165, 1.54) is 4.31 Å². The molecule has 0 aliphatic rings. The summed E-state index contributed by atoms with van der Waals surface area (Å²) in [7, 11) is -0.278. The van der Waals surface area contributed by atoms with Crippen LogP contribution in [0.5, 0.6) is 0 Å². The second-order valence-corrected chi connectivity index (χ2v) is 7.09. The Morgan fingerprint density at radius 1 is 1.45 bits per heavy atom. The molecule has 1 heterocycles. The highest BCUT2D eigenvalue weighted by Crippen LogP contribution is 2.21. The van der Waals surface area contributed by atoms with E-state index < -0.39 is 10.0 Å². The van der Waals surface area contributed by atoms with Crippen LogP contribution in [-0.4, -0.2) is 44.6 Å². The van der Waals surface area contributed by atoms with E-state index in [9.17, 15) is 8.42 Å². The SMILES string of the molecule is COCCCN(C)S(=O)(=O)c1cc(CN)n(C(C)C)c1. The van der Waals surface area contributed by atoms with E-state index in [2.05, 4.69) is 0 Å². The highest BCUT2D eigenvalue weighted by atomic mass is 32.2. The highest BCUT2D eigenvalue weighted by molar-refractivity contribution is 7.89. The molecule has 0 saturated carbocycles. The van der Waals surface area contributed by atoms with Crippen LogP contribution >= 0.6 is 0 Å². The van der Waals surface area contributed by atoms with Crippen LogP contribution < -0.4 is 5.73 Å². The first-order valence-electron chi connectivity index (χ1n) is 6.70. The number of ether oxygens (including phenoxy) is 1. The summed E-state index contributed by atoms with van der Waals surface area (Å²) in [5, 5.41) is 0. The summed E-state index contributed by atoms with van der Waals surface area (Å²) in [6, 6.07) is 1.83. The third kappa shape index (κ3) is 3.82. The molecule has 6 nitrogen and oxygen atoms in total. The van der Waals surface area contributed by atoms with Gasteiger partial charge in [-0.05, 0) is 26.3 Å². The molecule has 0 aliphatic carbocycles. The quantitative estimate of drug-likeness (QED) is 0.732.